The molecule has 10 heteroatoms. The molecule has 3 aliphatic rings. The van der Waals surface area contributed by atoms with Crippen LogP contribution in [0, 0.1) is 11.3 Å². The van der Waals surface area contributed by atoms with Crippen molar-refractivity contribution in [1.29, 1.82) is 0 Å². The molecule has 0 aromatic heterocycles. The summed E-state index contributed by atoms with van der Waals surface area (Å²) in [5.74, 6) is -0.671. The number of methoxy groups -OCH3 is 1. The van der Waals surface area contributed by atoms with E-state index in [4.69, 9.17) is 32.5 Å². The van der Waals surface area contributed by atoms with Crippen LogP contribution >= 0.6 is 11.6 Å². The van der Waals surface area contributed by atoms with Gasteiger partial charge in [-0.1, -0.05) is 58.1 Å². The predicted molar refractivity (Wildman–Crippen MR) is 177 cm³/mol. The maximum absolute atomic E-state index is 14.2. The third-order valence-corrected chi connectivity index (χ3v) is 10.5. The Morgan fingerprint density at radius 2 is 1.93 bits per heavy atom. The van der Waals surface area contributed by atoms with Crippen LogP contribution in [0.3, 0.4) is 0 Å². The molecule has 0 aliphatic carbocycles. The van der Waals surface area contributed by atoms with Crippen LogP contribution in [0.15, 0.2) is 11.2 Å². The Morgan fingerprint density at radius 1 is 1.14 bits per heavy atom. The highest BCUT2D eigenvalue weighted by Crippen LogP contribution is 2.42. The van der Waals surface area contributed by atoms with Crippen LogP contribution in [0.5, 0.6) is 0 Å². The number of allylic oxidation sites excluding steroid dienone is 1. The van der Waals surface area contributed by atoms with Crippen molar-refractivity contribution in [3.63, 3.8) is 0 Å². The molecule has 0 spiro atoms. The smallest absolute Gasteiger partial charge is 0.228 e. The molecule has 250 valence electrons. The maximum atomic E-state index is 14.2. The van der Waals surface area contributed by atoms with Crippen molar-refractivity contribution in [2.75, 3.05) is 53.0 Å². The molecule has 43 heavy (non-hydrogen) atoms. The molecule has 0 radical (unpaired) electrons. The number of piperidine rings is 2. The minimum Gasteiger partial charge on any atom is -0.386 e. The molecule has 9 nitrogen and oxygen atoms in total. The largest absolute Gasteiger partial charge is 0.386 e. The molecule has 2 saturated heterocycles. The summed E-state index contributed by atoms with van der Waals surface area (Å²) >= 11 is 6.58. The van der Waals surface area contributed by atoms with E-state index in [0.29, 0.717) is 0 Å². The fourth-order valence-corrected chi connectivity index (χ4v) is 7.71. The van der Waals surface area contributed by atoms with E-state index in [1.165, 1.54) is 19.3 Å². The number of nitrogens with two attached hydrogens (primary N) is 2. The van der Waals surface area contributed by atoms with E-state index < -0.39 is 12.1 Å². The van der Waals surface area contributed by atoms with Gasteiger partial charge in [0.2, 0.25) is 5.91 Å². The van der Waals surface area contributed by atoms with E-state index in [1.807, 2.05) is 6.20 Å². The Kier molecular flexibility index (Phi) is 16.0. The number of ether oxygens (including phenoxy) is 2. The number of carbonyl (C=O) groups excluding carboxylic acids is 1. The van der Waals surface area contributed by atoms with Gasteiger partial charge in [0.1, 0.15) is 0 Å². The first-order chi connectivity index (χ1) is 20.7. The van der Waals surface area contributed by atoms with E-state index in [0.717, 1.165) is 109 Å². The lowest BCUT2D eigenvalue weighted by Gasteiger charge is -2.44. The number of halogens is 1. The molecular formula is C33H63ClN6O3. The number of amides is 1. The van der Waals surface area contributed by atoms with Crippen LogP contribution in [-0.2, 0) is 14.3 Å². The third kappa shape index (κ3) is 11.4. The average molecular weight is 627 g/mol. The van der Waals surface area contributed by atoms with Gasteiger partial charge in [0.25, 0.3) is 0 Å². The first-order valence-corrected chi connectivity index (χ1v) is 17.6. The normalized spacial score (nSPS) is 30.3. The molecule has 0 aromatic carbocycles. The van der Waals surface area contributed by atoms with Gasteiger partial charge in [-0.25, -0.2) is 0 Å². The van der Waals surface area contributed by atoms with Gasteiger partial charge < -0.3 is 36.5 Å². The van der Waals surface area contributed by atoms with Gasteiger partial charge >= 0.3 is 0 Å². The van der Waals surface area contributed by atoms with Crippen molar-refractivity contribution >= 4 is 17.5 Å². The highest BCUT2D eigenvalue weighted by Gasteiger charge is 2.41. The van der Waals surface area contributed by atoms with Crippen molar-refractivity contribution < 1.29 is 14.3 Å². The van der Waals surface area contributed by atoms with Crippen LogP contribution < -0.4 is 22.1 Å². The molecule has 5 unspecified atom stereocenters. The molecule has 2 fully saturated rings. The highest BCUT2D eigenvalue weighted by molar-refractivity contribution is 6.29. The summed E-state index contributed by atoms with van der Waals surface area (Å²) in [6.07, 6.45) is 13.8. The number of nitrogens with one attached hydrogen (secondary N) is 2. The Morgan fingerprint density at radius 3 is 2.63 bits per heavy atom. The SMILES string of the molecule is CCCCCN1CCC(O[C@H]2CCCN(CCOC)C2)C(NC(=O)C(C(N)N)C2CC(CC)(CCC)CCC(Cl)=CN2)C1. The fraction of sp³-hybridized carbons (Fsp3) is 0.909. The lowest BCUT2D eigenvalue weighted by Crippen LogP contribution is -2.62. The first-order valence-electron chi connectivity index (χ1n) is 17.2. The third-order valence-electron chi connectivity index (χ3n) is 10.2. The lowest BCUT2D eigenvalue weighted by atomic mass is 9.69. The quantitative estimate of drug-likeness (QED) is 0.149. The number of likely N-dealkylation sites (tertiary alicyclic amines) is 2. The van der Waals surface area contributed by atoms with Crippen molar-refractivity contribution in [2.45, 2.75) is 128 Å². The monoisotopic (exact) mass is 626 g/mol. The summed E-state index contributed by atoms with van der Waals surface area (Å²) in [6, 6.07) is -0.311. The van der Waals surface area contributed by atoms with E-state index in [1.54, 1.807) is 7.11 Å². The minimum absolute atomic E-state index is 0.0390. The van der Waals surface area contributed by atoms with E-state index >= 15 is 0 Å². The predicted octanol–water partition coefficient (Wildman–Crippen LogP) is 4.14. The molecule has 0 aromatic rings. The molecule has 3 aliphatic heterocycles. The summed E-state index contributed by atoms with van der Waals surface area (Å²) < 4.78 is 12.1. The van der Waals surface area contributed by atoms with Crippen molar-refractivity contribution in [1.82, 2.24) is 20.4 Å². The molecule has 0 bridgehead atoms. The average Bonchev–Trinajstić information content (AvgIpc) is 2.98. The van der Waals surface area contributed by atoms with Gasteiger partial charge in [-0.15, -0.1) is 0 Å². The Balaban J connectivity index is 1.77. The zero-order valence-corrected chi connectivity index (χ0v) is 28.4. The Bertz CT molecular complexity index is 847. The standard InChI is InChI=1S/C33H63ClN6O3/c1-5-8-9-16-39-18-13-29(43-26-11-10-17-40(23-26)19-20-42-4)28(24-39)38-32(41)30(31(35)36)27-21-33(7-3,14-6-2)15-12-25(34)22-37-27/h22,26-31,37H,5-21,23-24,35-36H2,1-4H3,(H,38,41)/t26-,27?,28?,29?,30?,33?/m0/s1. The van der Waals surface area contributed by atoms with Gasteiger partial charge in [0, 0.05) is 50.6 Å². The summed E-state index contributed by atoms with van der Waals surface area (Å²) in [4.78, 5) is 19.1. The zero-order chi connectivity index (χ0) is 31.2. The highest BCUT2D eigenvalue weighted by atomic mass is 35.5. The second kappa shape index (κ2) is 18.9. The topological polar surface area (TPSA) is 118 Å². The Labute approximate surface area is 267 Å². The Hall–Kier alpha value is -0.940. The molecular weight excluding hydrogens is 564 g/mol. The number of unbranched alkanes of at least 4 members (excludes halogenated alkanes) is 2. The minimum atomic E-state index is -0.795. The van der Waals surface area contributed by atoms with Gasteiger partial charge in [0.15, 0.2) is 0 Å². The molecule has 6 atom stereocenters. The van der Waals surface area contributed by atoms with E-state index in [9.17, 15) is 4.79 Å². The molecule has 1 amide bonds. The van der Waals surface area contributed by atoms with Crippen LogP contribution in [0.2, 0.25) is 0 Å². The van der Waals surface area contributed by atoms with E-state index in [-0.39, 0.29) is 35.6 Å². The number of nitrogens with zero attached hydrogens (tertiary/aromatic N) is 2. The summed E-state index contributed by atoms with van der Waals surface area (Å²) in [5, 5.41) is 7.71. The molecule has 0 saturated carbocycles. The second-order valence-electron chi connectivity index (χ2n) is 13.4. The first kappa shape index (κ1) is 36.5. The van der Waals surface area contributed by atoms with Crippen molar-refractivity contribution in [2.24, 2.45) is 22.8 Å². The zero-order valence-electron chi connectivity index (χ0n) is 27.6. The number of hydrogen-bond acceptors (Lipinski definition) is 8. The number of carbonyl (C=O) groups is 1. The van der Waals surface area contributed by atoms with Crippen LogP contribution in [-0.4, -0.2) is 99.1 Å². The van der Waals surface area contributed by atoms with E-state index in [2.05, 4.69) is 41.2 Å². The number of hydrogen-bond donors (Lipinski definition) is 4. The van der Waals surface area contributed by atoms with Gasteiger partial charge in [-0.05, 0) is 69.9 Å². The van der Waals surface area contributed by atoms with Gasteiger partial charge in [-0.2, -0.15) is 0 Å². The van der Waals surface area contributed by atoms with Crippen LogP contribution in [0.25, 0.3) is 0 Å². The van der Waals surface area contributed by atoms with Gasteiger partial charge in [-0.3, -0.25) is 9.69 Å². The van der Waals surface area contributed by atoms with Gasteiger partial charge in [0.05, 0.1) is 36.9 Å². The molecule has 6 N–H and O–H groups in total. The molecule has 3 heterocycles. The summed E-state index contributed by atoms with van der Waals surface area (Å²) in [6.45, 7) is 13.2. The summed E-state index contributed by atoms with van der Waals surface area (Å²) in [5.41, 5.74) is 12.9. The van der Waals surface area contributed by atoms with Crippen molar-refractivity contribution in [3.05, 3.63) is 11.2 Å². The van der Waals surface area contributed by atoms with Crippen LogP contribution in [0.1, 0.15) is 97.8 Å². The fourth-order valence-electron chi connectivity index (χ4n) is 7.56. The summed E-state index contributed by atoms with van der Waals surface area (Å²) in [7, 11) is 1.75. The van der Waals surface area contributed by atoms with Crippen LogP contribution in [0.4, 0.5) is 0 Å². The second-order valence-corrected chi connectivity index (χ2v) is 13.9. The number of rotatable bonds is 16. The van der Waals surface area contributed by atoms with Crippen molar-refractivity contribution in [3.8, 4) is 0 Å². The maximum Gasteiger partial charge on any atom is 0.228 e. The molecule has 3 rings (SSSR count). The lowest BCUT2D eigenvalue weighted by molar-refractivity contribution is -0.132.